The highest BCUT2D eigenvalue weighted by atomic mass is 14.3. The first-order chi connectivity index (χ1) is 8.81. The first kappa shape index (κ1) is 16.9. The summed E-state index contributed by atoms with van der Waals surface area (Å²) in [6.07, 6.45) is 6.83. The van der Waals surface area contributed by atoms with Crippen LogP contribution in [0.2, 0.25) is 0 Å². The molecule has 1 fully saturated rings. The van der Waals surface area contributed by atoms with Crippen LogP contribution in [0.1, 0.15) is 56.7 Å². The topological polar surface area (TPSA) is 23.9 Å². The van der Waals surface area contributed by atoms with Crippen molar-refractivity contribution in [1.29, 1.82) is 5.41 Å². The molecule has 1 heteroatoms. The minimum Gasteiger partial charge on any atom is -0.317 e. The van der Waals surface area contributed by atoms with E-state index in [2.05, 4.69) is 38.8 Å². The molecule has 1 aromatic rings. The lowest BCUT2D eigenvalue weighted by Gasteiger charge is -2.09. The van der Waals surface area contributed by atoms with Crippen LogP contribution in [-0.4, -0.2) is 6.72 Å². The van der Waals surface area contributed by atoms with Gasteiger partial charge in [0.1, 0.15) is 0 Å². The van der Waals surface area contributed by atoms with Crippen molar-refractivity contribution in [2.45, 2.75) is 59.8 Å². The van der Waals surface area contributed by atoms with Gasteiger partial charge in [-0.25, -0.2) is 0 Å². The number of benzene rings is 1. The first-order valence-electron chi connectivity index (χ1n) is 7.24. The second-order valence-corrected chi connectivity index (χ2v) is 4.54. The molecule has 18 heavy (non-hydrogen) atoms. The van der Waals surface area contributed by atoms with Gasteiger partial charge < -0.3 is 5.41 Å². The summed E-state index contributed by atoms with van der Waals surface area (Å²) < 4.78 is 0. The van der Waals surface area contributed by atoms with Gasteiger partial charge in [-0.3, -0.25) is 0 Å². The van der Waals surface area contributed by atoms with Crippen molar-refractivity contribution in [3.8, 4) is 0 Å². The van der Waals surface area contributed by atoms with Crippen molar-refractivity contribution in [2.24, 2.45) is 5.92 Å². The fourth-order valence-electron chi connectivity index (χ4n) is 2.16. The third-order valence-corrected chi connectivity index (χ3v) is 3.46. The summed E-state index contributed by atoms with van der Waals surface area (Å²) in [6, 6.07) is 6.78. The van der Waals surface area contributed by atoms with Crippen LogP contribution in [0.5, 0.6) is 0 Å². The molecule has 1 aromatic carbocycles. The molecule has 1 aliphatic carbocycles. The predicted octanol–water partition coefficient (Wildman–Crippen LogP) is 5.19. The zero-order chi connectivity index (χ0) is 14.0. The second-order valence-electron chi connectivity index (χ2n) is 4.54. The average Bonchev–Trinajstić information content (AvgIpc) is 3.26. The van der Waals surface area contributed by atoms with Crippen LogP contribution >= 0.6 is 0 Å². The highest BCUT2D eigenvalue weighted by molar-refractivity contribution is 5.34. The number of rotatable bonds is 4. The van der Waals surface area contributed by atoms with Crippen LogP contribution < -0.4 is 0 Å². The third kappa shape index (κ3) is 5.48. The van der Waals surface area contributed by atoms with E-state index in [-0.39, 0.29) is 0 Å². The Hall–Kier alpha value is -1.11. The van der Waals surface area contributed by atoms with Crippen molar-refractivity contribution in [3.63, 3.8) is 0 Å². The monoisotopic (exact) mass is 247 g/mol. The second kappa shape index (κ2) is 9.87. The molecule has 0 aromatic heterocycles. The smallest absolute Gasteiger partial charge is 0.0187 e. The SMILES string of the molecule is C=N.CC.CCc1cccc(CCC2CC2)c1C. The number of hydrogen-bond donors (Lipinski definition) is 1. The summed E-state index contributed by atoms with van der Waals surface area (Å²) in [5.74, 6) is 1.06. The van der Waals surface area contributed by atoms with Gasteiger partial charge in [-0.05, 0) is 55.5 Å². The Morgan fingerprint density at radius 1 is 1.17 bits per heavy atom. The quantitative estimate of drug-likeness (QED) is 0.708. The number of nitrogens with one attached hydrogen (secondary N) is 1. The van der Waals surface area contributed by atoms with E-state index in [1.165, 1.54) is 43.2 Å². The fourth-order valence-corrected chi connectivity index (χ4v) is 2.16. The van der Waals surface area contributed by atoms with Crippen LogP contribution in [0.15, 0.2) is 18.2 Å². The van der Waals surface area contributed by atoms with E-state index in [4.69, 9.17) is 5.41 Å². The van der Waals surface area contributed by atoms with E-state index >= 15 is 0 Å². The molecular formula is C17H29N. The van der Waals surface area contributed by atoms with E-state index in [1.54, 1.807) is 5.56 Å². The van der Waals surface area contributed by atoms with E-state index in [9.17, 15) is 0 Å². The predicted molar refractivity (Wildman–Crippen MR) is 82.8 cm³/mol. The van der Waals surface area contributed by atoms with Crippen LogP contribution in [0.3, 0.4) is 0 Å². The maximum Gasteiger partial charge on any atom is -0.0187 e. The number of aryl methyl sites for hydroxylation is 2. The molecule has 1 nitrogen and oxygen atoms in total. The highest BCUT2D eigenvalue weighted by Crippen LogP contribution is 2.34. The minimum absolute atomic E-state index is 1.06. The largest absolute Gasteiger partial charge is 0.317 e. The Bertz CT molecular complexity index is 326. The minimum atomic E-state index is 1.06. The van der Waals surface area contributed by atoms with Gasteiger partial charge in [0.05, 0.1) is 0 Å². The van der Waals surface area contributed by atoms with Gasteiger partial charge in [0.15, 0.2) is 0 Å². The molecule has 0 amide bonds. The summed E-state index contributed by atoms with van der Waals surface area (Å²) >= 11 is 0. The van der Waals surface area contributed by atoms with E-state index in [0.29, 0.717) is 0 Å². The van der Waals surface area contributed by atoms with Gasteiger partial charge in [0.25, 0.3) is 0 Å². The van der Waals surface area contributed by atoms with E-state index < -0.39 is 0 Å². The zero-order valence-electron chi connectivity index (χ0n) is 12.6. The molecule has 0 saturated heterocycles. The lowest BCUT2D eigenvalue weighted by molar-refractivity contribution is 0.723. The van der Waals surface area contributed by atoms with Crippen LogP contribution in [-0.2, 0) is 12.8 Å². The standard InChI is InChI=1S/C14H20.C2H6.CH3N/c1-3-13-5-4-6-14(11(13)2)10-9-12-7-8-12;2*1-2/h4-6,12H,3,7-10H2,1-2H3;1-2H3;2H,1H2. The summed E-state index contributed by atoms with van der Waals surface area (Å²) in [5.41, 5.74) is 4.64. The van der Waals surface area contributed by atoms with Crippen LogP contribution in [0.4, 0.5) is 0 Å². The molecule has 0 atom stereocenters. The van der Waals surface area contributed by atoms with Crippen LogP contribution in [0, 0.1) is 18.3 Å². The Morgan fingerprint density at radius 3 is 2.22 bits per heavy atom. The maximum absolute atomic E-state index is 5.50. The molecule has 1 aliphatic rings. The lowest BCUT2D eigenvalue weighted by atomic mass is 9.97. The number of hydrogen-bond acceptors (Lipinski definition) is 1. The van der Waals surface area contributed by atoms with Gasteiger partial charge in [0, 0.05) is 0 Å². The van der Waals surface area contributed by atoms with Crippen molar-refractivity contribution in [3.05, 3.63) is 34.9 Å². The maximum atomic E-state index is 5.50. The van der Waals surface area contributed by atoms with Crippen molar-refractivity contribution in [1.82, 2.24) is 0 Å². The highest BCUT2D eigenvalue weighted by Gasteiger charge is 2.20. The molecular weight excluding hydrogens is 218 g/mol. The summed E-state index contributed by atoms with van der Waals surface area (Å²) in [6.45, 7) is 11.0. The first-order valence-corrected chi connectivity index (χ1v) is 7.24. The summed E-state index contributed by atoms with van der Waals surface area (Å²) in [4.78, 5) is 0. The van der Waals surface area contributed by atoms with Crippen molar-refractivity contribution in [2.75, 3.05) is 0 Å². The van der Waals surface area contributed by atoms with Crippen LogP contribution in [0.25, 0.3) is 0 Å². The van der Waals surface area contributed by atoms with E-state index in [0.717, 1.165) is 5.92 Å². The molecule has 0 bridgehead atoms. The summed E-state index contributed by atoms with van der Waals surface area (Å²) in [5, 5.41) is 5.50. The molecule has 0 radical (unpaired) electrons. The third-order valence-electron chi connectivity index (χ3n) is 3.46. The molecule has 2 rings (SSSR count). The molecule has 1 N–H and O–H groups in total. The van der Waals surface area contributed by atoms with Crippen molar-refractivity contribution < 1.29 is 0 Å². The van der Waals surface area contributed by atoms with Gasteiger partial charge in [0.2, 0.25) is 0 Å². The average molecular weight is 247 g/mol. The summed E-state index contributed by atoms with van der Waals surface area (Å²) in [7, 11) is 0. The van der Waals surface area contributed by atoms with Gasteiger partial charge in [-0.2, -0.15) is 0 Å². The van der Waals surface area contributed by atoms with Crippen molar-refractivity contribution >= 4 is 6.72 Å². The van der Waals surface area contributed by atoms with Gasteiger partial charge >= 0.3 is 0 Å². The molecule has 0 aliphatic heterocycles. The zero-order valence-corrected chi connectivity index (χ0v) is 12.6. The molecule has 1 saturated carbocycles. The molecule has 0 unspecified atom stereocenters. The van der Waals surface area contributed by atoms with Gasteiger partial charge in [-0.15, -0.1) is 0 Å². The Balaban J connectivity index is 0.000000659. The normalized spacial score (nSPS) is 12.9. The molecule has 0 spiro atoms. The fraction of sp³-hybridized carbons (Fsp3) is 0.588. The lowest BCUT2D eigenvalue weighted by Crippen LogP contribution is -1.95. The Kier molecular flexibility index (Phi) is 9.26. The Morgan fingerprint density at radius 2 is 1.72 bits per heavy atom. The van der Waals surface area contributed by atoms with Gasteiger partial charge in [-0.1, -0.05) is 51.8 Å². The molecule has 0 heterocycles. The Labute approximate surface area is 113 Å². The molecule has 102 valence electrons. The van der Waals surface area contributed by atoms with E-state index in [1.807, 2.05) is 13.8 Å².